The standard InChI is InChI=1S/C12H15NO/c1-11(8-10-14)13-9-7-12-5-3-2-4-6-12/h2-6,11,13-14H,8,10H2,1H3. The molecular formula is C12H15NO. The molecule has 74 valence electrons. The molecule has 2 heteroatoms. The van der Waals surface area contributed by atoms with Gasteiger partial charge >= 0.3 is 0 Å². The minimum absolute atomic E-state index is 0.196. The summed E-state index contributed by atoms with van der Waals surface area (Å²) in [7, 11) is 0. The third-order valence-corrected chi connectivity index (χ3v) is 1.86. The van der Waals surface area contributed by atoms with Crippen LogP contribution in [0.1, 0.15) is 18.9 Å². The number of aliphatic hydroxyl groups excluding tert-OH is 1. The van der Waals surface area contributed by atoms with Crippen molar-refractivity contribution in [1.29, 1.82) is 0 Å². The van der Waals surface area contributed by atoms with Gasteiger partial charge in [-0.1, -0.05) is 18.2 Å². The van der Waals surface area contributed by atoms with Crippen LogP contribution in [0.15, 0.2) is 30.3 Å². The number of benzene rings is 1. The molecule has 0 saturated carbocycles. The van der Waals surface area contributed by atoms with Gasteiger partial charge in [-0.3, -0.25) is 0 Å². The first-order valence-electron chi connectivity index (χ1n) is 4.75. The summed E-state index contributed by atoms with van der Waals surface area (Å²) in [4.78, 5) is 0. The zero-order valence-electron chi connectivity index (χ0n) is 8.33. The van der Waals surface area contributed by atoms with Crippen molar-refractivity contribution >= 4 is 0 Å². The van der Waals surface area contributed by atoms with Crippen molar-refractivity contribution in [2.24, 2.45) is 0 Å². The van der Waals surface area contributed by atoms with Crippen LogP contribution in [0.3, 0.4) is 0 Å². The van der Waals surface area contributed by atoms with Gasteiger partial charge in [0.1, 0.15) is 0 Å². The van der Waals surface area contributed by atoms with E-state index < -0.39 is 0 Å². The van der Waals surface area contributed by atoms with E-state index >= 15 is 0 Å². The van der Waals surface area contributed by atoms with E-state index in [4.69, 9.17) is 5.11 Å². The Hall–Kier alpha value is -1.46. The average molecular weight is 189 g/mol. The Balaban J connectivity index is 2.41. The van der Waals surface area contributed by atoms with Crippen LogP contribution < -0.4 is 5.32 Å². The van der Waals surface area contributed by atoms with Crippen molar-refractivity contribution < 1.29 is 5.11 Å². The number of rotatable bonds is 3. The van der Waals surface area contributed by atoms with Crippen molar-refractivity contribution in [3.8, 4) is 12.0 Å². The van der Waals surface area contributed by atoms with Gasteiger partial charge in [-0.05, 0) is 31.4 Å². The van der Waals surface area contributed by atoms with Gasteiger partial charge in [0.25, 0.3) is 0 Å². The second-order valence-corrected chi connectivity index (χ2v) is 3.17. The molecular weight excluding hydrogens is 174 g/mol. The van der Waals surface area contributed by atoms with Gasteiger partial charge < -0.3 is 10.4 Å². The maximum Gasteiger partial charge on any atom is 0.0450 e. The molecule has 0 aromatic heterocycles. The Morgan fingerprint density at radius 3 is 2.71 bits per heavy atom. The quantitative estimate of drug-likeness (QED) is 0.556. The van der Waals surface area contributed by atoms with Crippen LogP contribution in [0, 0.1) is 12.0 Å². The fourth-order valence-electron chi connectivity index (χ4n) is 1.02. The fraction of sp³-hybridized carbons (Fsp3) is 0.333. The van der Waals surface area contributed by atoms with Gasteiger partial charge in [0, 0.05) is 24.3 Å². The first-order valence-corrected chi connectivity index (χ1v) is 4.75. The van der Waals surface area contributed by atoms with E-state index in [0.29, 0.717) is 0 Å². The SMILES string of the molecule is CC(CCO)NC#Cc1ccccc1. The molecule has 2 N–H and O–H groups in total. The van der Waals surface area contributed by atoms with E-state index in [9.17, 15) is 0 Å². The smallest absolute Gasteiger partial charge is 0.0450 e. The van der Waals surface area contributed by atoms with Crippen LogP contribution in [-0.4, -0.2) is 17.8 Å². The van der Waals surface area contributed by atoms with Crippen LogP contribution in [0.4, 0.5) is 0 Å². The third kappa shape index (κ3) is 3.97. The molecule has 0 saturated heterocycles. The number of nitrogens with one attached hydrogen (secondary N) is 1. The molecule has 1 unspecified atom stereocenters. The summed E-state index contributed by atoms with van der Waals surface area (Å²) in [5.74, 6) is 2.99. The van der Waals surface area contributed by atoms with Crippen LogP contribution >= 0.6 is 0 Å². The summed E-state index contributed by atoms with van der Waals surface area (Å²) in [5, 5.41) is 11.7. The summed E-state index contributed by atoms with van der Waals surface area (Å²) < 4.78 is 0. The summed E-state index contributed by atoms with van der Waals surface area (Å²) in [6.07, 6.45) is 0.726. The second kappa shape index (κ2) is 6.06. The Morgan fingerprint density at radius 2 is 2.07 bits per heavy atom. The normalized spacial score (nSPS) is 11.3. The van der Waals surface area contributed by atoms with Crippen molar-refractivity contribution in [1.82, 2.24) is 5.32 Å². The molecule has 0 aliphatic heterocycles. The minimum Gasteiger partial charge on any atom is -0.396 e. The second-order valence-electron chi connectivity index (χ2n) is 3.17. The molecule has 0 heterocycles. The molecule has 0 bridgehead atoms. The highest BCUT2D eigenvalue weighted by molar-refractivity contribution is 5.33. The van der Waals surface area contributed by atoms with E-state index in [-0.39, 0.29) is 12.6 Å². The van der Waals surface area contributed by atoms with Crippen LogP contribution in [0.2, 0.25) is 0 Å². The van der Waals surface area contributed by atoms with Crippen LogP contribution in [0.25, 0.3) is 0 Å². The zero-order chi connectivity index (χ0) is 10.2. The lowest BCUT2D eigenvalue weighted by molar-refractivity contribution is 0.274. The van der Waals surface area contributed by atoms with Crippen molar-refractivity contribution in [2.75, 3.05) is 6.61 Å². The monoisotopic (exact) mass is 189 g/mol. The molecule has 1 aromatic rings. The van der Waals surface area contributed by atoms with E-state index in [1.807, 2.05) is 37.3 Å². The molecule has 0 amide bonds. The number of hydrogen-bond donors (Lipinski definition) is 2. The number of aliphatic hydroxyl groups is 1. The molecule has 1 rings (SSSR count). The van der Waals surface area contributed by atoms with Gasteiger partial charge in [-0.15, -0.1) is 0 Å². The van der Waals surface area contributed by atoms with Crippen molar-refractivity contribution in [2.45, 2.75) is 19.4 Å². The predicted octanol–water partition coefficient (Wildman–Crippen LogP) is 1.36. The van der Waals surface area contributed by atoms with Gasteiger partial charge in [0.15, 0.2) is 0 Å². The van der Waals surface area contributed by atoms with Crippen molar-refractivity contribution in [3.05, 3.63) is 35.9 Å². The molecule has 0 spiro atoms. The lowest BCUT2D eigenvalue weighted by Crippen LogP contribution is -2.21. The first kappa shape index (κ1) is 10.6. The average Bonchev–Trinajstić information content (AvgIpc) is 2.20. The molecule has 0 fully saturated rings. The summed E-state index contributed by atoms with van der Waals surface area (Å²) >= 11 is 0. The first-order chi connectivity index (χ1) is 6.83. The van der Waals surface area contributed by atoms with E-state index in [1.165, 1.54) is 0 Å². The van der Waals surface area contributed by atoms with Gasteiger partial charge in [0.2, 0.25) is 0 Å². The zero-order valence-corrected chi connectivity index (χ0v) is 8.33. The molecule has 1 atom stereocenters. The highest BCUT2D eigenvalue weighted by Gasteiger charge is 1.94. The summed E-state index contributed by atoms with van der Waals surface area (Å²) in [6, 6.07) is 12.9. The lowest BCUT2D eigenvalue weighted by atomic mass is 10.2. The molecule has 2 nitrogen and oxygen atoms in total. The van der Waals surface area contributed by atoms with E-state index in [1.54, 1.807) is 0 Å². The minimum atomic E-state index is 0.196. The molecule has 0 radical (unpaired) electrons. The molecule has 14 heavy (non-hydrogen) atoms. The maximum absolute atomic E-state index is 8.66. The summed E-state index contributed by atoms with van der Waals surface area (Å²) in [6.45, 7) is 2.19. The van der Waals surface area contributed by atoms with Gasteiger partial charge in [-0.25, -0.2) is 0 Å². The van der Waals surface area contributed by atoms with Crippen LogP contribution in [0.5, 0.6) is 0 Å². The molecule has 0 aliphatic rings. The highest BCUT2D eigenvalue weighted by Crippen LogP contribution is 1.94. The number of hydrogen-bond acceptors (Lipinski definition) is 2. The van der Waals surface area contributed by atoms with Gasteiger partial charge in [0.05, 0.1) is 0 Å². The Labute approximate surface area is 85.0 Å². The lowest BCUT2D eigenvalue weighted by Gasteiger charge is -2.05. The van der Waals surface area contributed by atoms with Crippen molar-refractivity contribution in [3.63, 3.8) is 0 Å². The summed E-state index contributed by atoms with van der Waals surface area (Å²) in [5.41, 5.74) is 0.996. The van der Waals surface area contributed by atoms with Crippen LogP contribution in [-0.2, 0) is 0 Å². The van der Waals surface area contributed by atoms with Gasteiger partial charge in [-0.2, -0.15) is 0 Å². The maximum atomic E-state index is 8.66. The largest absolute Gasteiger partial charge is 0.396 e. The Kier molecular flexibility index (Phi) is 4.60. The third-order valence-electron chi connectivity index (χ3n) is 1.86. The Bertz CT molecular complexity index is 310. The molecule has 1 aromatic carbocycles. The molecule has 0 aliphatic carbocycles. The van der Waals surface area contributed by atoms with E-state index in [0.717, 1.165) is 12.0 Å². The topological polar surface area (TPSA) is 32.3 Å². The fourth-order valence-corrected chi connectivity index (χ4v) is 1.02. The predicted molar refractivity (Wildman–Crippen MR) is 57.6 cm³/mol. The highest BCUT2D eigenvalue weighted by atomic mass is 16.3. The van der Waals surface area contributed by atoms with E-state index in [2.05, 4.69) is 17.3 Å². The Morgan fingerprint density at radius 1 is 1.36 bits per heavy atom.